The number of carbonyl (C=O) groups excluding carboxylic acids is 1. The van der Waals surface area contributed by atoms with Crippen LogP contribution in [0.3, 0.4) is 0 Å². The van der Waals surface area contributed by atoms with Crippen molar-refractivity contribution in [2.45, 2.75) is 55.3 Å². The number of thioether (sulfide) groups is 1. The standard InChI is InChI=1S/C13H22N6OS/c1-15-13(11(14)20)7-2-3-9(13)6-8-21-12-16-17-18-19(12)10-4-5-10/h9-10,15H,2-8H2,1H3,(H2,14,20). The van der Waals surface area contributed by atoms with E-state index in [1.54, 1.807) is 11.8 Å². The Morgan fingerprint density at radius 1 is 1.52 bits per heavy atom. The van der Waals surface area contributed by atoms with Crippen LogP contribution in [-0.4, -0.2) is 44.5 Å². The van der Waals surface area contributed by atoms with Crippen LogP contribution in [-0.2, 0) is 4.79 Å². The van der Waals surface area contributed by atoms with Gasteiger partial charge in [-0.1, -0.05) is 18.2 Å². The highest BCUT2D eigenvalue weighted by Gasteiger charge is 2.46. The molecule has 2 aliphatic carbocycles. The summed E-state index contributed by atoms with van der Waals surface area (Å²) in [5.74, 6) is 0.993. The van der Waals surface area contributed by atoms with Gasteiger partial charge in [0.05, 0.1) is 6.04 Å². The molecule has 0 aliphatic heterocycles. The number of nitrogens with two attached hydrogens (primary N) is 1. The third-order valence-electron chi connectivity index (χ3n) is 4.76. The van der Waals surface area contributed by atoms with Gasteiger partial charge >= 0.3 is 0 Å². The Morgan fingerprint density at radius 2 is 2.33 bits per heavy atom. The number of primary amides is 1. The Labute approximate surface area is 128 Å². The first-order valence-corrected chi connectivity index (χ1v) is 8.55. The van der Waals surface area contributed by atoms with Crippen LogP contribution in [0.5, 0.6) is 0 Å². The van der Waals surface area contributed by atoms with Crippen LogP contribution in [0, 0.1) is 5.92 Å². The molecule has 0 spiro atoms. The lowest BCUT2D eigenvalue weighted by Crippen LogP contribution is -2.56. The lowest BCUT2D eigenvalue weighted by Gasteiger charge is -2.32. The predicted molar refractivity (Wildman–Crippen MR) is 79.8 cm³/mol. The number of nitrogens with one attached hydrogen (secondary N) is 1. The molecule has 2 aliphatic rings. The van der Waals surface area contributed by atoms with Crippen molar-refractivity contribution < 1.29 is 4.79 Å². The summed E-state index contributed by atoms with van der Waals surface area (Å²) in [7, 11) is 1.84. The van der Waals surface area contributed by atoms with E-state index in [2.05, 4.69) is 20.8 Å². The number of aromatic nitrogens is 4. The molecule has 2 saturated carbocycles. The minimum absolute atomic E-state index is 0.222. The fourth-order valence-electron chi connectivity index (χ4n) is 3.37. The summed E-state index contributed by atoms with van der Waals surface area (Å²) in [4.78, 5) is 11.8. The molecule has 2 unspecified atom stereocenters. The number of hydrogen-bond donors (Lipinski definition) is 2. The Bertz CT molecular complexity index is 517. The maximum Gasteiger partial charge on any atom is 0.238 e. The van der Waals surface area contributed by atoms with Crippen LogP contribution < -0.4 is 11.1 Å². The molecule has 3 N–H and O–H groups in total. The van der Waals surface area contributed by atoms with Crippen molar-refractivity contribution in [3.8, 4) is 0 Å². The molecule has 21 heavy (non-hydrogen) atoms. The van der Waals surface area contributed by atoms with Crippen LogP contribution >= 0.6 is 11.8 Å². The zero-order chi connectivity index (χ0) is 14.9. The maximum absolute atomic E-state index is 11.8. The fraction of sp³-hybridized carbons (Fsp3) is 0.846. The van der Waals surface area contributed by atoms with Crippen LogP contribution in [0.1, 0.15) is 44.6 Å². The molecule has 3 rings (SSSR count). The van der Waals surface area contributed by atoms with E-state index in [0.717, 1.165) is 36.6 Å². The van der Waals surface area contributed by atoms with Crippen molar-refractivity contribution in [2.24, 2.45) is 11.7 Å². The second-order valence-corrected chi connectivity index (χ2v) is 7.01. The molecule has 1 amide bonds. The summed E-state index contributed by atoms with van der Waals surface area (Å²) in [6, 6.07) is 0.496. The van der Waals surface area contributed by atoms with Crippen molar-refractivity contribution in [2.75, 3.05) is 12.8 Å². The molecule has 0 aromatic carbocycles. The van der Waals surface area contributed by atoms with Crippen molar-refractivity contribution in [3.63, 3.8) is 0 Å². The summed E-state index contributed by atoms with van der Waals surface area (Å²) >= 11 is 1.68. The van der Waals surface area contributed by atoms with E-state index in [1.165, 1.54) is 12.8 Å². The van der Waals surface area contributed by atoms with E-state index < -0.39 is 5.54 Å². The lowest BCUT2D eigenvalue weighted by molar-refractivity contribution is -0.125. The van der Waals surface area contributed by atoms with Crippen LogP contribution in [0.2, 0.25) is 0 Å². The Kier molecular flexibility index (Phi) is 4.17. The summed E-state index contributed by atoms with van der Waals surface area (Å²) < 4.78 is 1.93. The van der Waals surface area contributed by atoms with Gasteiger partial charge in [0.15, 0.2) is 0 Å². The molecular weight excluding hydrogens is 288 g/mol. The van der Waals surface area contributed by atoms with Crippen molar-refractivity contribution >= 4 is 17.7 Å². The van der Waals surface area contributed by atoms with Gasteiger partial charge in [0.1, 0.15) is 5.54 Å². The van der Waals surface area contributed by atoms with Crippen molar-refractivity contribution in [3.05, 3.63) is 0 Å². The molecule has 0 bridgehead atoms. The van der Waals surface area contributed by atoms with Crippen LogP contribution in [0.4, 0.5) is 0 Å². The highest BCUT2D eigenvalue weighted by Crippen LogP contribution is 2.40. The second-order valence-electron chi connectivity index (χ2n) is 5.95. The Hall–Kier alpha value is -1.15. The molecular formula is C13H22N6OS. The van der Waals surface area contributed by atoms with E-state index in [-0.39, 0.29) is 5.91 Å². The quantitative estimate of drug-likeness (QED) is 0.721. The molecule has 116 valence electrons. The first kappa shape index (κ1) is 14.8. The average Bonchev–Trinajstić information content (AvgIpc) is 3.06. The van der Waals surface area contributed by atoms with E-state index in [4.69, 9.17) is 5.73 Å². The van der Waals surface area contributed by atoms with Crippen molar-refractivity contribution in [1.82, 2.24) is 25.5 Å². The first-order chi connectivity index (χ1) is 10.2. The van der Waals surface area contributed by atoms with Gasteiger partial charge in [0.25, 0.3) is 0 Å². The van der Waals surface area contributed by atoms with Gasteiger partial charge in [0, 0.05) is 5.75 Å². The number of nitrogens with zero attached hydrogens (tertiary/aromatic N) is 4. The number of tetrazole rings is 1. The highest BCUT2D eigenvalue weighted by molar-refractivity contribution is 7.99. The SMILES string of the molecule is CNC1(C(N)=O)CCCC1CCSc1nnnn1C1CC1. The van der Waals surface area contributed by atoms with E-state index in [9.17, 15) is 4.79 Å². The molecule has 1 aromatic rings. The number of likely N-dealkylation sites (N-methyl/N-ethyl adjacent to an activating group) is 1. The van der Waals surface area contributed by atoms with Gasteiger partial charge in [-0.05, 0) is 55.5 Å². The van der Waals surface area contributed by atoms with Gasteiger partial charge in [-0.2, -0.15) is 0 Å². The molecule has 1 heterocycles. The summed E-state index contributed by atoms with van der Waals surface area (Å²) in [6.07, 6.45) is 6.24. The third kappa shape index (κ3) is 2.78. The smallest absolute Gasteiger partial charge is 0.238 e. The third-order valence-corrected chi connectivity index (χ3v) is 5.73. The second kappa shape index (κ2) is 5.92. The predicted octanol–water partition coefficient (Wildman–Crippen LogP) is 0.734. The van der Waals surface area contributed by atoms with E-state index in [1.807, 2.05) is 11.7 Å². The summed E-state index contributed by atoms with van der Waals surface area (Å²) in [5.41, 5.74) is 5.10. The molecule has 2 atom stereocenters. The topological polar surface area (TPSA) is 98.7 Å². The van der Waals surface area contributed by atoms with E-state index in [0.29, 0.717) is 12.0 Å². The van der Waals surface area contributed by atoms with Crippen molar-refractivity contribution in [1.29, 1.82) is 0 Å². The van der Waals surface area contributed by atoms with Gasteiger partial charge in [0.2, 0.25) is 11.1 Å². The van der Waals surface area contributed by atoms with Gasteiger partial charge in [-0.25, -0.2) is 4.68 Å². The van der Waals surface area contributed by atoms with E-state index >= 15 is 0 Å². The minimum atomic E-state index is -0.525. The first-order valence-electron chi connectivity index (χ1n) is 7.57. The molecule has 1 aromatic heterocycles. The zero-order valence-corrected chi connectivity index (χ0v) is 13.1. The summed E-state index contributed by atoms with van der Waals surface area (Å²) in [6.45, 7) is 0. The normalized spacial score (nSPS) is 28.9. The number of rotatable bonds is 7. The van der Waals surface area contributed by atoms with Gasteiger partial charge in [-0.15, -0.1) is 5.10 Å². The Balaban J connectivity index is 1.57. The molecule has 8 heteroatoms. The molecule has 2 fully saturated rings. The largest absolute Gasteiger partial charge is 0.368 e. The molecule has 7 nitrogen and oxygen atoms in total. The molecule has 0 radical (unpaired) electrons. The molecule has 0 saturated heterocycles. The minimum Gasteiger partial charge on any atom is -0.368 e. The summed E-state index contributed by atoms with van der Waals surface area (Å²) in [5, 5.41) is 16.0. The monoisotopic (exact) mass is 310 g/mol. The fourth-order valence-corrected chi connectivity index (χ4v) is 4.36. The maximum atomic E-state index is 11.8. The lowest BCUT2D eigenvalue weighted by atomic mass is 9.84. The van der Waals surface area contributed by atoms with Gasteiger partial charge < -0.3 is 11.1 Å². The zero-order valence-electron chi connectivity index (χ0n) is 12.3. The Morgan fingerprint density at radius 3 is 3.00 bits per heavy atom. The number of carbonyl (C=O) groups is 1. The van der Waals surface area contributed by atoms with Crippen LogP contribution in [0.25, 0.3) is 0 Å². The average molecular weight is 310 g/mol. The van der Waals surface area contributed by atoms with Gasteiger partial charge in [-0.3, -0.25) is 4.79 Å². The van der Waals surface area contributed by atoms with Crippen LogP contribution in [0.15, 0.2) is 5.16 Å². The number of hydrogen-bond acceptors (Lipinski definition) is 6. The highest BCUT2D eigenvalue weighted by atomic mass is 32.2. The number of amides is 1.